The molecule has 0 fully saturated rings. The summed E-state index contributed by atoms with van der Waals surface area (Å²) in [7, 11) is 0. The maximum Gasteiger partial charge on any atom is 0.126 e. The van der Waals surface area contributed by atoms with Crippen molar-refractivity contribution in [2.24, 2.45) is 5.73 Å². The Kier molecular flexibility index (Phi) is 7.47. The number of anilines is 1. The van der Waals surface area contributed by atoms with Gasteiger partial charge in [-0.1, -0.05) is 32.1 Å². The van der Waals surface area contributed by atoms with Crippen molar-refractivity contribution in [3.05, 3.63) is 23.9 Å². The summed E-state index contributed by atoms with van der Waals surface area (Å²) in [5.41, 5.74) is 6.26. The number of hydrogen-bond acceptors (Lipinski definition) is 4. The second-order valence-corrected chi connectivity index (χ2v) is 5.43. The van der Waals surface area contributed by atoms with Crippen LogP contribution in [-0.4, -0.2) is 40.5 Å². The summed E-state index contributed by atoms with van der Waals surface area (Å²) in [5.74, 6) is 0.839. The molecule has 0 saturated carbocycles. The van der Waals surface area contributed by atoms with Gasteiger partial charge in [-0.2, -0.15) is 0 Å². The van der Waals surface area contributed by atoms with Crippen LogP contribution in [0.2, 0.25) is 0 Å². The number of nitrogens with one attached hydrogen (secondary N) is 1. The molecule has 0 aliphatic carbocycles. The first-order chi connectivity index (χ1) is 9.56. The van der Waals surface area contributed by atoms with E-state index in [2.05, 4.69) is 36.0 Å². The fraction of sp³-hybridized carbons (Fsp3) is 0.600. The number of aromatic nitrogens is 1. The monoisotopic (exact) mass is 294 g/mol. The van der Waals surface area contributed by atoms with Crippen LogP contribution >= 0.6 is 12.2 Å². The molecule has 112 valence electrons. The summed E-state index contributed by atoms with van der Waals surface area (Å²) in [6, 6.07) is 6.09. The molecule has 0 aliphatic rings. The van der Waals surface area contributed by atoms with Gasteiger partial charge in [0.15, 0.2) is 0 Å². The van der Waals surface area contributed by atoms with Gasteiger partial charge in [-0.3, -0.25) is 0 Å². The average Bonchev–Trinajstić information content (AvgIpc) is 2.44. The quantitative estimate of drug-likeness (QED) is 0.686. The molecule has 4 nitrogen and oxygen atoms in total. The Bertz CT molecular complexity index is 418. The van der Waals surface area contributed by atoms with Crippen LogP contribution in [0.1, 0.15) is 39.3 Å². The first-order valence-electron chi connectivity index (χ1n) is 7.32. The third kappa shape index (κ3) is 5.84. The number of hydrogen-bond donors (Lipinski definition) is 2. The summed E-state index contributed by atoms with van der Waals surface area (Å²) in [5, 5.41) is 3.40. The van der Waals surface area contributed by atoms with Crippen LogP contribution in [0.4, 0.5) is 5.82 Å². The summed E-state index contributed by atoms with van der Waals surface area (Å²) in [6.07, 6.45) is 2.31. The van der Waals surface area contributed by atoms with E-state index in [0.29, 0.717) is 16.7 Å². The van der Waals surface area contributed by atoms with E-state index >= 15 is 0 Å². The smallest absolute Gasteiger partial charge is 0.126 e. The number of nitrogens with two attached hydrogens (primary N) is 1. The lowest BCUT2D eigenvalue weighted by Gasteiger charge is -2.20. The number of rotatable bonds is 9. The minimum Gasteiger partial charge on any atom is -0.388 e. The van der Waals surface area contributed by atoms with Gasteiger partial charge in [-0.25, -0.2) is 4.98 Å². The molecule has 0 radical (unpaired) electrons. The molecular weight excluding hydrogens is 268 g/mol. The predicted molar refractivity (Wildman–Crippen MR) is 90.2 cm³/mol. The molecular formula is C15H26N4S. The zero-order valence-corrected chi connectivity index (χ0v) is 13.5. The van der Waals surface area contributed by atoms with Crippen LogP contribution in [0.15, 0.2) is 18.2 Å². The molecule has 20 heavy (non-hydrogen) atoms. The van der Waals surface area contributed by atoms with Crippen molar-refractivity contribution in [1.82, 2.24) is 9.88 Å². The SMILES string of the molecule is CCN(CC)CCCC(C)Nc1cccc(C(N)=S)n1. The van der Waals surface area contributed by atoms with Crippen LogP contribution in [0.25, 0.3) is 0 Å². The second kappa shape index (κ2) is 8.87. The van der Waals surface area contributed by atoms with E-state index in [1.165, 1.54) is 6.42 Å². The van der Waals surface area contributed by atoms with Crippen molar-refractivity contribution in [3.8, 4) is 0 Å². The summed E-state index contributed by atoms with van der Waals surface area (Å²) in [6.45, 7) is 9.98. The molecule has 0 bridgehead atoms. The molecule has 0 spiro atoms. The predicted octanol–water partition coefficient (Wildman–Crippen LogP) is 2.64. The maximum absolute atomic E-state index is 5.59. The van der Waals surface area contributed by atoms with Gasteiger partial charge >= 0.3 is 0 Å². The highest BCUT2D eigenvalue weighted by atomic mass is 32.1. The number of nitrogens with zero attached hydrogens (tertiary/aromatic N) is 2. The van der Waals surface area contributed by atoms with Gasteiger partial charge in [0, 0.05) is 6.04 Å². The van der Waals surface area contributed by atoms with Crippen molar-refractivity contribution in [1.29, 1.82) is 0 Å². The molecule has 0 amide bonds. The third-order valence-electron chi connectivity index (χ3n) is 3.40. The van der Waals surface area contributed by atoms with Crippen LogP contribution in [0.3, 0.4) is 0 Å². The highest BCUT2D eigenvalue weighted by molar-refractivity contribution is 7.80. The molecule has 1 unspecified atom stereocenters. The van der Waals surface area contributed by atoms with Crippen molar-refractivity contribution in [2.75, 3.05) is 25.0 Å². The summed E-state index contributed by atoms with van der Waals surface area (Å²) in [4.78, 5) is 7.18. The first kappa shape index (κ1) is 16.9. The topological polar surface area (TPSA) is 54.2 Å². The zero-order valence-electron chi connectivity index (χ0n) is 12.7. The Labute approximate surface area is 127 Å². The lowest BCUT2D eigenvalue weighted by Crippen LogP contribution is -2.25. The highest BCUT2D eigenvalue weighted by Gasteiger charge is 2.06. The van der Waals surface area contributed by atoms with Crippen LogP contribution < -0.4 is 11.1 Å². The molecule has 0 aliphatic heterocycles. The second-order valence-electron chi connectivity index (χ2n) is 4.99. The van der Waals surface area contributed by atoms with Crippen molar-refractivity contribution < 1.29 is 0 Å². The zero-order chi connectivity index (χ0) is 15.0. The van der Waals surface area contributed by atoms with E-state index in [4.69, 9.17) is 18.0 Å². The Morgan fingerprint density at radius 3 is 2.70 bits per heavy atom. The van der Waals surface area contributed by atoms with Gasteiger partial charge in [0.25, 0.3) is 0 Å². The van der Waals surface area contributed by atoms with Gasteiger partial charge in [0.05, 0.1) is 5.69 Å². The fourth-order valence-electron chi connectivity index (χ4n) is 2.14. The molecule has 1 heterocycles. The van der Waals surface area contributed by atoms with Crippen LogP contribution in [0, 0.1) is 0 Å². The third-order valence-corrected chi connectivity index (χ3v) is 3.61. The Morgan fingerprint density at radius 1 is 1.40 bits per heavy atom. The minimum atomic E-state index is 0.336. The lowest BCUT2D eigenvalue weighted by atomic mass is 10.1. The first-order valence-corrected chi connectivity index (χ1v) is 7.73. The molecule has 1 aromatic rings. The maximum atomic E-state index is 5.59. The fourth-order valence-corrected chi connectivity index (χ4v) is 2.25. The van der Waals surface area contributed by atoms with Gasteiger partial charge < -0.3 is 16.0 Å². The number of thiocarbonyl (C=S) groups is 1. The summed E-state index contributed by atoms with van der Waals surface area (Å²) < 4.78 is 0. The van der Waals surface area contributed by atoms with E-state index in [9.17, 15) is 0 Å². The molecule has 3 N–H and O–H groups in total. The molecule has 5 heteroatoms. The van der Waals surface area contributed by atoms with Crippen molar-refractivity contribution >= 4 is 23.0 Å². The van der Waals surface area contributed by atoms with Gasteiger partial charge in [-0.15, -0.1) is 0 Å². The minimum absolute atomic E-state index is 0.336. The van der Waals surface area contributed by atoms with Gasteiger partial charge in [0.1, 0.15) is 10.8 Å². The molecule has 1 atom stereocenters. The molecule has 0 saturated heterocycles. The Morgan fingerprint density at radius 2 is 2.10 bits per heavy atom. The standard InChI is InChI=1S/C15H26N4S/c1-4-19(5-2)11-7-8-12(3)17-14-10-6-9-13(18-14)15(16)20/h6,9-10,12H,4-5,7-8,11H2,1-3H3,(H2,16,20)(H,17,18). The van der Waals surface area contributed by atoms with Crippen molar-refractivity contribution in [3.63, 3.8) is 0 Å². The van der Waals surface area contributed by atoms with E-state index in [1.54, 1.807) is 0 Å². The van der Waals surface area contributed by atoms with Gasteiger partial charge in [0.2, 0.25) is 0 Å². The van der Waals surface area contributed by atoms with E-state index in [1.807, 2.05) is 18.2 Å². The Hall–Kier alpha value is -1.20. The largest absolute Gasteiger partial charge is 0.388 e. The van der Waals surface area contributed by atoms with E-state index in [-0.39, 0.29) is 0 Å². The molecule has 0 aromatic carbocycles. The highest BCUT2D eigenvalue weighted by Crippen LogP contribution is 2.09. The van der Waals surface area contributed by atoms with Crippen LogP contribution in [-0.2, 0) is 0 Å². The average molecular weight is 294 g/mol. The normalized spacial score (nSPS) is 12.4. The van der Waals surface area contributed by atoms with Crippen LogP contribution in [0.5, 0.6) is 0 Å². The van der Waals surface area contributed by atoms with E-state index in [0.717, 1.165) is 31.9 Å². The molecule has 1 rings (SSSR count). The van der Waals surface area contributed by atoms with E-state index < -0.39 is 0 Å². The number of pyridine rings is 1. The van der Waals surface area contributed by atoms with Crippen molar-refractivity contribution in [2.45, 2.75) is 39.7 Å². The molecule has 1 aromatic heterocycles. The Balaban J connectivity index is 2.40. The van der Waals surface area contributed by atoms with Gasteiger partial charge in [-0.05, 0) is 51.5 Å². The lowest BCUT2D eigenvalue weighted by molar-refractivity contribution is 0.295. The summed E-state index contributed by atoms with van der Waals surface area (Å²) >= 11 is 4.94.